The molecule has 152 valence electrons. The van der Waals surface area contributed by atoms with Gasteiger partial charge in [0.2, 0.25) is 18.6 Å². The molecule has 2 heterocycles. The van der Waals surface area contributed by atoms with E-state index >= 15 is 0 Å². The molecule has 1 N–H and O–H groups in total. The predicted molar refractivity (Wildman–Crippen MR) is 106 cm³/mol. The molecule has 0 aromatic heterocycles. The maximum Gasteiger partial charge on any atom is 0.231 e. The summed E-state index contributed by atoms with van der Waals surface area (Å²) in [5.74, 6) is 0.310. The lowest BCUT2D eigenvalue weighted by atomic mass is 9.95. The molecule has 1 fully saturated rings. The Kier molecular flexibility index (Phi) is 5.58. The second-order valence-corrected chi connectivity index (χ2v) is 7.50. The average molecular weight is 419 g/mol. The van der Waals surface area contributed by atoms with Gasteiger partial charge in [-0.3, -0.25) is 9.59 Å². The number of hydrogen-bond donors (Lipinski definition) is 1. The molecule has 0 bridgehead atoms. The van der Waals surface area contributed by atoms with Crippen molar-refractivity contribution in [2.75, 3.05) is 25.2 Å². The highest BCUT2D eigenvalue weighted by Gasteiger charge is 2.28. The minimum absolute atomic E-state index is 0.0838. The first kappa shape index (κ1) is 19.5. The van der Waals surface area contributed by atoms with E-state index in [1.165, 1.54) is 12.1 Å². The molecule has 8 heteroatoms. The number of fused-ring (bicyclic) bond motifs is 1. The van der Waals surface area contributed by atoms with E-state index in [1.807, 2.05) is 0 Å². The summed E-state index contributed by atoms with van der Waals surface area (Å²) in [6, 6.07) is 9.63. The molecule has 2 aromatic carbocycles. The molecule has 2 aliphatic rings. The highest BCUT2D eigenvalue weighted by molar-refractivity contribution is 6.31. The van der Waals surface area contributed by atoms with Gasteiger partial charge in [-0.05, 0) is 37.1 Å². The van der Waals surface area contributed by atoms with Crippen LogP contribution in [-0.4, -0.2) is 36.6 Å². The van der Waals surface area contributed by atoms with Crippen molar-refractivity contribution in [2.24, 2.45) is 5.92 Å². The van der Waals surface area contributed by atoms with Crippen LogP contribution in [0.4, 0.5) is 10.1 Å². The van der Waals surface area contributed by atoms with Crippen molar-refractivity contribution in [3.63, 3.8) is 0 Å². The number of piperidine rings is 1. The van der Waals surface area contributed by atoms with Gasteiger partial charge in [0, 0.05) is 41.3 Å². The summed E-state index contributed by atoms with van der Waals surface area (Å²) in [7, 11) is 0. The number of nitrogens with one attached hydrogen (secondary N) is 1. The lowest BCUT2D eigenvalue weighted by molar-refractivity contribution is -0.133. The Bertz CT molecular complexity index is 924. The maximum atomic E-state index is 13.9. The van der Waals surface area contributed by atoms with E-state index in [9.17, 15) is 14.0 Å². The number of amides is 2. The number of likely N-dealkylation sites (tertiary alicyclic amines) is 1. The second-order valence-electron chi connectivity index (χ2n) is 7.09. The Labute approximate surface area is 172 Å². The third-order valence-electron chi connectivity index (χ3n) is 5.25. The van der Waals surface area contributed by atoms with Crippen LogP contribution in [0.1, 0.15) is 18.4 Å². The van der Waals surface area contributed by atoms with Crippen molar-refractivity contribution in [2.45, 2.75) is 19.3 Å². The van der Waals surface area contributed by atoms with Gasteiger partial charge in [-0.15, -0.1) is 0 Å². The van der Waals surface area contributed by atoms with Crippen molar-refractivity contribution < 1.29 is 23.5 Å². The first-order chi connectivity index (χ1) is 14.0. The van der Waals surface area contributed by atoms with E-state index in [2.05, 4.69) is 5.32 Å². The van der Waals surface area contributed by atoms with E-state index < -0.39 is 5.82 Å². The van der Waals surface area contributed by atoms with Crippen molar-refractivity contribution >= 4 is 29.1 Å². The Hall–Kier alpha value is -2.80. The lowest BCUT2D eigenvalue weighted by Crippen LogP contribution is -2.42. The minimum atomic E-state index is -0.483. The Balaban J connectivity index is 1.30. The van der Waals surface area contributed by atoms with Gasteiger partial charge >= 0.3 is 0 Å². The van der Waals surface area contributed by atoms with Gasteiger partial charge in [-0.25, -0.2) is 4.39 Å². The van der Waals surface area contributed by atoms with E-state index in [1.54, 1.807) is 29.2 Å². The van der Waals surface area contributed by atoms with Crippen LogP contribution in [0.5, 0.6) is 11.5 Å². The summed E-state index contributed by atoms with van der Waals surface area (Å²) in [5.41, 5.74) is 0.855. The van der Waals surface area contributed by atoms with Gasteiger partial charge in [0.15, 0.2) is 11.5 Å². The molecule has 0 aliphatic carbocycles. The smallest absolute Gasteiger partial charge is 0.231 e. The molecular formula is C21H20ClFN2O4. The zero-order valence-electron chi connectivity index (χ0n) is 15.6. The van der Waals surface area contributed by atoms with E-state index in [0.717, 1.165) is 0 Å². The van der Waals surface area contributed by atoms with Gasteiger partial charge < -0.3 is 19.7 Å². The van der Waals surface area contributed by atoms with E-state index in [4.69, 9.17) is 21.1 Å². The SMILES string of the molecule is O=C(Nc1ccc2c(c1)OCO2)C1CCN(C(=O)Cc2c(F)cccc2Cl)CC1. The fourth-order valence-electron chi connectivity index (χ4n) is 3.57. The Morgan fingerprint density at radius 2 is 1.90 bits per heavy atom. The van der Waals surface area contributed by atoms with Gasteiger partial charge in [-0.1, -0.05) is 17.7 Å². The summed E-state index contributed by atoms with van der Waals surface area (Å²) in [6.07, 6.45) is 1.01. The zero-order chi connectivity index (χ0) is 20.4. The number of nitrogens with zero attached hydrogens (tertiary/aromatic N) is 1. The Morgan fingerprint density at radius 1 is 1.14 bits per heavy atom. The van der Waals surface area contributed by atoms with Crippen LogP contribution in [0, 0.1) is 11.7 Å². The van der Waals surface area contributed by atoms with Crippen molar-refractivity contribution in [1.82, 2.24) is 4.90 Å². The summed E-state index contributed by atoms with van der Waals surface area (Å²) < 4.78 is 24.5. The maximum absolute atomic E-state index is 13.9. The standard InChI is InChI=1S/C21H20ClFN2O4/c22-16-2-1-3-17(23)15(16)11-20(26)25-8-6-13(7-9-25)21(27)24-14-4-5-18-19(10-14)29-12-28-18/h1-5,10,13H,6-9,11-12H2,(H,24,27). The summed E-state index contributed by atoms with van der Waals surface area (Å²) >= 11 is 6.01. The molecule has 0 atom stereocenters. The second kappa shape index (κ2) is 8.29. The van der Waals surface area contributed by atoms with Gasteiger partial charge in [0.25, 0.3) is 0 Å². The van der Waals surface area contributed by atoms with Crippen LogP contribution < -0.4 is 14.8 Å². The van der Waals surface area contributed by atoms with Gasteiger partial charge in [0.05, 0.1) is 6.42 Å². The minimum Gasteiger partial charge on any atom is -0.454 e. The molecule has 6 nitrogen and oxygen atoms in total. The highest BCUT2D eigenvalue weighted by atomic mass is 35.5. The fourth-order valence-corrected chi connectivity index (χ4v) is 3.80. The average Bonchev–Trinajstić information content (AvgIpc) is 3.18. The fraction of sp³-hybridized carbons (Fsp3) is 0.333. The number of ether oxygens (including phenoxy) is 2. The third-order valence-corrected chi connectivity index (χ3v) is 5.60. The first-order valence-electron chi connectivity index (χ1n) is 9.42. The van der Waals surface area contributed by atoms with Crippen LogP contribution >= 0.6 is 11.6 Å². The van der Waals surface area contributed by atoms with E-state index in [-0.39, 0.29) is 41.5 Å². The van der Waals surface area contributed by atoms with Crippen molar-refractivity contribution in [3.8, 4) is 11.5 Å². The quantitative estimate of drug-likeness (QED) is 0.823. The number of anilines is 1. The third kappa shape index (κ3) is 4.29. The molecule has 2 aromatic rings. The monoisotopic (exact) mass is 418 g/mol. The Morgan fingerprint density at radius 3 is 2.66 bits per heavy atom. The number of benzene rings is 2. The largest absolute Gasteiger partial charge is 0.454 e. The number of carbonyl (C=O) groups is 2. The molecular weight excluding hydrogens is 399 g/mol. The van der Waals surface area contributed by atoms with Crippen LogP contribution in [0.3, 0.4) is 0 Å². The molecule has 4 rings (SSSR count). The molecule has 0 saturated carbocycles. The molecule has 2 aliphatic heterocycles. The summed E-state index contributed by atoms with van der Waals surface area (Å²) in [6.45, 7) is 1.07. The topological polar surface area (TPSA) is 67.9 Å². The van der Waals surface area contributed by atoms with E-state index in [0.29, 0.717) is 43.1 Å². The number of hydrogen-bond acceptors (Lipinski definition) is 4. The zero-order valence-corrected chi connectivity index (χ0v) is 16.4. The van der Waals surface area contributed by atoms with Crippen LogP contribution in [-0.2, 0) is 16.0 Å². The van der Waals surface area contributed by atoms with Crippen LogP contribution in [0.15, 0.2) is 36.4 Å². The summed E-state index contributed by atoms with van der Waals surface area (Å²) in [5, 5.41) is 3.14. The van der Waals surface area contributed by atoms with Gasteiger partial charge in [0.1, 0.15) is 5.82 Å². The number of rotatable bonds is 4. The number of carbonyl (C=O) groups excluding carboxylic acids is 2. The molecule has 0 unspecified atom stereocenters. The molecule has 0 radical (unpaired) electrons. The van der Waals surface area contributed by atoms with Gasteiger partial charge in [-0.2, -0.15) is 0 Å². The molecule has 29 heavy (non-hydrogen) atoms. The lowest BCUT2D eigenvalue weighted by Gasteiger charge is -2.31. The normalized spacial score (nSPS) is 16.0. The van der Waals surface area contributed by atoms with Crippen molar-refractivity contribution in [1.29, 1.82) is 0 Å². The predicted octanol–water partition coefficient (Wildman–Crippen LogP) is 3.63. The molecule has 2 amide bonds. The molecule has 1 saturated heterocycles. The highest BCUT2D eigenvalue weighted by Crippen LogP contribution is 2.34. The first-order valence-corrected chi connectivity index (χ1v) is 9.80. The summed E-state index contributed by atoms with van der Waals surface area (Å²) in [4.78, 5) is 26.8. The number of halogens is 2. The van der Waals surface area contributed by atoms with Crippen LogP contribution in [0.25, 0.3) is 0 Å². The van der Waals surface area contributed by atoms with Crippen molar-refractivity contribution in [3.05, 3.63) is 52.8 Å². The molecule has 0 spiro atoms. The van der Waals surface area contributed by atoms with Crippen LogP contribution in [0.2, 0.25) is 5.02 Å².